The van der Waals surface area contributed by atoms with Gasteiger partial charge in [-0.05, 0) is 35.4 Å². The van der Waals surface area contributed by atoms with Crippen molar-refractivity contribution in [2.24, 2.45) is 11.8 Å². The van der Waals surface area contributed by atoms with Gasteiger partial charge >= 0.3 is 0 Å². The molecule has 0 amide bonds. The minimum absolute atomic E-state index is 0.0186. The number of benzene rings is 2. The van der Waals surface area contributed by atoms with E-state index in [0.717, 1.165) is 11.1 Å². The molecule has 2 aromatic rings. The van der Waals surface area contributed by atoms with Crippen molar-refractivity contribution in [2.75, 3.05) is 41.7 Å². The predicted molar refractivity (Wildman–Crippen MR) is 103 cm³/mol. The van der Waals surface area contributed by atoms with Gasteiger partial charge in [0, 0.05) is 11.8 Å². The van der Waals surface area contributed by atoms with Crippen molar-refractivity contribution in [3.05, 3.63) is 47.5 Å². The molecule has 0 aliphatic carbocycles. The zero-order chi connectivity index (χ0) is 19.7. The molecule has 4 atom stereocenters. The molecule has 2 fully saturated rings. The molecule has 6 nitrogen and oxygen atoms in total. The fourth-order valence-electron chi connectivity index (χ4n) is 4.29. The standard InChI is InChI=1S/C22H26O6/c1-23-17-7-5-13(9-19(17)25-3)21-15-11-28-22(16(15)12-27-21)14-6-8-18(24-2)20(10-14)26-4/h5-10,15-16,21-22H,11-12H2,1-4H3/t15-,16-,21?,22?/m0/s1. The zero-order valence-corrected chi connectivity index (χ0v) is 16.6. The van der Waals surface area contributed by atoms with Crippen LogP contribution in [0.15, 0.2) is 36.4 Å². The van der Waals surface area contributed by atoms with Gasteiger partial charge in [-0.2, -0.15) is 0 Å². The first-order chi connectivity index (χ1) is 13.7. The third-order valence-electron chi connectivity index (χ3n) is 5.74. The van der Waals surface area contributed by atoms with Gasteiger partial charge in [0.05, 0.1) is 53.9 Å². The van der Waals surface area contributed by atoms with Gasteiger partial charge in [0.2, 0.25) is 0 Å². The summed E-state index contributed by atoms with van der Waals surface area (Å²) in [5.41, 5.74) is 2.17. The Bertz CT molecular complexity index is 766. The Morgan fingerprint density at radius 3 is 1.36 bits per heavy atom. The Hall–Kier alpha value is -2.44. The topological polar surface area (TPSA) is 55.4 Å². The summed E-state index contributed by atoms with van der Waals surface area (Å²) in [5.74, 6) is 3.43. The first-order valence-electron chi connectivity index (χ1n) is 9.37. The number of ether oxygens (including phenoxy) is 6. The molecule has 6 heteroatoms. The predicted octanol–water partition coefficient (Wildman–Crippen LogP) is 3.80. The smallest absolute Gasteiger partial charge is 0.161 e. The lowest BCUT2D eigenvalue weighted by molar-refractivity contribution is 0.0191. The van der Waals surface area contributed by atoms with Gasteiger partial charge in [-0.15, -0.1) is 0 Å². The molecular weight excluding hydrogens is 360 g/mol. The van der Waals surface area contributed by atoms with Crippen LogP contribution in [-0.4, -0.2) is 41.7 Å². The Balaban J connectivity index is 1.57. The molecule has 0 saturated carbocycles. The summed E-state index contributed by atoms with van der Waals surface area (Å²) >= 11 is 0. The van der Waals surface area contributed by atoms with Crippen LogP contribution >= 0.6 is 0 Å². The third-order valence-corrected chi connectivity index (χ3v) is 5.74. The summed E-state index contributed by atoms with van der Waals surface area (Å²) < 4.78 is 34.0. The highest BCUT2D eigenvalue weighted by Gasteiger charge is 2.48. The van der Waals surface area contributed by atoms with E-state index in [4.69, 9.17) is 28.4 Å². The number of rotatable bonds is 6. The van der Waals surface area contributed by atoms with Gasteiger partial charge in [-0.25, -0.2) is 0 Å². The molecule has 2 aliphatic heterocycles. The van der Waals surface area contributed by atoms with E-state index in [9.17, 15) is 0 Å². The lowest BCUT2D eigenvalue weighted by Gasteiger charge is -2.18. The van der Waals surface area contributed by atoms with Crippen LogP contribution in [0.5, 0.6) is 23.0 Å². The van der Waals surface area contributed by atoms with Crippen molar-refractivity contribution in [1.82, 2.24) is 0 Å². The molecular formula is C22H26O6. The summed E-state index contributed by atoms with van der Waals surface area (Å²) in [5, 5.41) is 0. The Labute approximate surface area is 165 Å². The van der Waals surface area contributed by atoms with Crippen molar-refractivity contribution in [3.63, 3.8) is 0 Å². The summed E-state index contributed by atoms with van der Waals surface area (Å²) in [7, 11) is 6.56. The highest BCUT2D eigenvalue weighted by atomic mass is 16.5. The van der Waals surface area contributed by atoms with Gasteiger partial charge < -0.3 is 28.4 Å². The summed E-state index contributed by atoms with van der Waals surface area (Å²) in [6.45, 7) is 1.31. The second-order valence-electron chi connectivity index (χ2n) is 7.06. The van der Waals surface area contributed by atoms with E-state index >= 15 is 0 Å². The number of hydrogen-bond donors (Lipinski definition) is 0. The van der Waals surface area contributed by atoms with Crippen LogP contribution in [0.1, 0.15) is 23.3 Å². The molecule has 150 valence electrons. The molecule has 2 unspecified atom stereocenters. The van der Waals surface area contributed by atoms with Gasteiger partial charge in [0.15, 0.2) is 23.0 Å². The molecule has 0 radical (unpaired) electrons. The number of methoxy groups -OCH3 is 4. The zero-order valence-electron chi connectivity index (χ0n) is 16.6. The first-order valence-corrected chi connectivity index (χ1v) is 9.37. The molecule has 4 rings (SSSR count). The van der Waals surface area contributed by atoms with Crippen LogP contribution in [-0.2, 0) is 9.47 Å². The normalized spacial score (nSPS) is 26.0. The summed E-state index contributed by atoms with van der Waals surface area (Å²) in [6.07, 6.45) is -0.0371. The number of fused-ring (bicyclic) bond motifs is 1. The molecule has 2 aromatic carbocycles. The van der Waals surface area contributed by atoms with Crippen molar-refractivity contribution >= 4 is 0 Å². The maximum absolute atomic E-state index is 6.20. The average Bonchev–Trinajstić information content (AvgIpc) is 3.35. The van der Waals surface area contributed by atoms with E-state index in [1.165, 1.54) is 0 Å². The molecule has 2 saturated heterocycles. The van der Waals surface area contributed by atoms with Crippen molar-refractivity contribution in [3.8, 4) is 23.0 Å². The first kappa shape index (κ1) is 18.9. The number of hydrogen-bond acceptors (Lipinski definition) is 6. The quantitative estimate of drug-likeness (QED) is 0.753. The fraction of sp³-hybridized carbons (Fsp3) is 0.455. The van der Waals surface area contributed by atoms with Crippen molar-refractivity contribution in [2.45, 2.75) is 12.2 Å². The largest absolute Gasteiger partial charge is 0.493 e. The third kappa shape index (κ3) is 3.16. The monoisotopic (exact) mass is 386 g/mol. The van der Waals surface area contributed by atoms with Crippen molar-refractivity contribution in [1.29, 1.82) is 0 Å². The minimum atomic E-state index is -0.0186. The lowest BCUT2D eigenvalue weighted by Crippen LogP contribution is -2.14. The SMILES string of the molecule is COc1ccc(C2OC[C@@H]3C(c4ccc(OC)c(OC)c4)OC[C@H]23)cc1OC. The van der Waals surface area contributed by atoms with Gasteiger partial charge in [-0.3, -0.25) is 0 Å². The Morgan fingerprint density at radius 1 is 0.607 bits per heavy atom. The van der Waals surface area contributed by atoms with Crippen LogP contribution in [0.2, 0.25) is 0 Å². The highest BCUT2D eigenvalue weighted by molar-refractivity contribution is 5.45. The van der Waals surface area contributed by atoms with Gasteiger partial charge in [0.1, 0.15) is 0 Å². The molecule has 28 heavy (non-hydrogen) atoms. The molecule has 2 aliphatic rings. The maximum Gasteiger partial charge on any atom is 0.161 e. The van der Waals surface area contributed by atoms with Crippen LogP contribution < -0.4 is 18.9 Å². The maximum atomic E-state index is 6.20. The Morgan fingerprint density at radius 2 is 1.00 bits per heavy atom. The van der Waals surface area contributed by atoms with Gasteiger partial charge in [0.25, 0.3) is 0 Å². The average molecular weight is 386 g/mol. The lowest BCUT2D eigenvalue weighted by atomic mass is 9.85. The second kappa shape index (κ2) is 7.89. The van der Waals surface area contributed by atoms with E-state index in [1.54, 1.807) is 28.4 Å². The van der Waals surface area contributed by atoms with Gasteiger partial charge in [-0.1, -0.05) is 12.1 Å². The van der Waals surface area contributed by atoms with Crippen molar-refractivity contribution < 1.29 is 28.4 Å². The van der Waals surface area contributed by atoms with Crippen LogP contribution in [0.4, 0.5) is 0 Å². The molecule has 0 N–H and O–H groups in total. The van der Waals surface area contributed by atoms with E-state index in [1.807, 2.05) is 36.4 Å². The second-order valence-corrected chi connectivity index (χ2v) is 7.06. The fourth-order valence-corrected chi connectivity index (χ4v) is 4.29. The summed E-state index contributed by atoms with van der Waals surface area (Å²) in [6, 6.07) is 11.9. The molecule has 0 spiro atoms. The van der Waals surface area contributed by atoms with E-state index in [-0.39, 0.29) is 24.0 Å². The minimum Gasteiger partial charge on any atom is -0.493 e. The highest BCUT2D eigenvalue weighted by Crippen LogP contribution is 2.51. The van der Waals surface area contributed by atoms with E-state index in [0.29, 0.717) is 36.2 Å². The van der Waals surface area contributed by atoms with Crippen LogP contribution in [0.3, 0.4) is 0 Å². The van der Waals surface area contributed by atoms with Crippen LogP contribution in [0.25, 0.3) is 0 Å². The molecule has 2 heterocycles. The Kier molecular flexibility index (Phi) is 5.33. The van der Waals surface area contributed by atoms with E-state index in [2.05, 4.69) is 0 Å². The molecule has 0 bridgehead atoms. The molecule has 0 aromatic heterocycles. The summed E-state index contributed by atoms with van der Waals surface area (Å²) in [4.78, 5) is 0. The van der Waals surface area contributed by atoms with E-state index < -0.39 is 0 Å². The van der Waals surface area contributed by atoms with Crippen LogP contribution in [0, 0.1) is 11.8 Å².